The van der Waals surface area contributed by atoms with Gasteiger partial charge in [-0.15, -0.1) is 0 Å². The van der Waals surface area contributed by atoms with Gasteiger partial charge in [-0.2, -0.15) is 0 Å². The Morgan fingerprint density at radius 3 is 2.72 bits per heavy atom. The fraction of sp³-hybridized carbons (Fsp3) is 0.538. The van der Waals surface area contributed by atoms with Crippen molar-refractivity contribution in [1.82, 2.24) is 14.8 Å². The second kappa shape index (κ2) is 5.93. The van der Waals surface area contributed by atoms with Crippen molar-refractivity contribution in [1.29, 1.82) is 0 Å². The zero-order valence-corrected chi connectivity index (χ0v) is 10.7. The van der Waals surface area contributed by atoms with Gasteiger partial charge in [-0.1, -0.05) is 6.07 Å². The molecule has 0 aromatic carbocycles. The first-order valence-corrected chi connectivity index (χ1v) is 6.22. The topological polar surface area (TPSA) is 56.7 Å². The van der Waals surface area contributed by atoms with Crippen LogP contribution in [0.3, 0.4) is 0 Å². The molecule has 0 unspecified atom stereocenters. The smallest absolute Gasteiger partial charge is 0.248 e. The van der Waals surface area contributed by atoms with E-state index >= 15 is 0 Å². The number of hydrogen-bond donors (Lipinski definition) is 1. The highest BCUT2D eigenvalue weighted by atomic mass is 16.3. The molecular formula is C13H19N3O2. The average molecular weight is 249 g/mol. The standard InChI is InChI=1S/C13H19N3O2/c1-11-3-2-4-14-12(11)9-15-5-7-16(8-6-15)13(18)10-17/h2-4,17H,5-10H2,1H3. The van der Waals surface area contributed by atoms with Crippen molar-refractivity contribution in [2.24, 2.45) is 0 Å². The molecule has 1 aliphatic rings. The molecule has 0 aliphatic carbocycles. The lowest BCUT2D eigenvalue weighted by molar-refractivity contribution is -0.136. The van der Waals surface area contributed by atoms with E-state index in [0.717, 1.165) is 25.3 Å². The predicted molar refractivity (Wildman–Crippen MR) is 67.9 cm³/mol. The molecule has 5 heteroatoms. The Morgan fingerprint density at radius 2 is 2.11 bits per heavy atom. The van der Waals surface area contributed by atoms with Crippen LogP contribution in [-0.4, -0.2) is 58.6 Å². The van der Waals surface area contributed by atoms with E-state index in [-0.39, 0.29) is 12.5 Å². The van der Waals surface area contributed by atoms with Gasteiger partial charge in [-0.25, -0.2) is 0 Å². The van der Waals surface area contributed by atoms with Crippen molar-refractivity contribution in [2.75, 3.05) is 32.8 Å². The quantitative estimate of drug-likeness (QED) is 0.821. The fourth-order valence-electron chi connectivity index (χ4n) is 2.15. The van der Waals surface area contributed by atoms with Gasteiger partial charge in [-0.05, 0) is 18.6 Å². The number of piperazine rings is 1. The van der Waals surface area contributed by atoms with Gasteiger partial charge in [0.2, 0.25) is 5.91 Å². The maximum Gasteiger partial charge on any atom is 0.248 e. The summed E-state index contributed by atoms with van der Waals surface area (Å²) < 4.78 is 0. The molecule has 5 nitrogen and oxygen atoms in total. The van der Waals surface area contributed by atoms with Crippen molar-refractivity contribution in [3.05, 3.63) is 29.6 Å². The van der Waals surface area contributed by atoms with Crippen LogP contribution in [0.1, 0.15) is 11.3 Å². The van der Waals surface area contributed by atoms with Gasteiger partial charge < -0.3 is 10.0 Å². The molecule has 1 aromatic rings. The monoisotopic (exact) mass is 249 g/mol. The number of rotatable bonds is 3. The summed E-state index contributed by atoms with van der Waals surface area (Å²) in [6.07, 6.45) is 1.81. The lowest BCUT2D eigenvalue weighted by Gasteiger charge is -2.34. The third-order valence-electron chi connectivity index (χ3n) is 3.35. The Morgan fingerprint density at radius 1 is 1.39 bits per heavy atom. The SMILES string of the molecule is Cc1cccnc1CN1CCN(C(=O)CO)CC1. The van der Waals surface area contributed by atoms with Crippen LogP contribution in [0.25, 0.3) is 0 Å². The van der Waals surface area contributed by atoms with Crippen LogP contribution in [-0.2, 0) is 11.3 Å². The van der Waals surface area contributed by atoms with Gasteiger partial charge >= 0.3 is 0 Å². The minimum Gasteiger partial charge on any atom is -0.387 e. The third-order valence-corrected chi connectivity index (χ3v) is 3.35. The normalized spacial score (nSPS) is 16.9. The van der Waals surface area contributed by atoms with Crippen LogP contribution < -0.4 is 0 Å². The molecule has 1 saturated heterocycles. The Labute approximate surface area is 107 Å². The van der Waals surface area contributed by atoms with Gasteiger partial charge in [0.05, 0.1) is 5.69 Å². The van der Waals surface area contributed by atoms with E-state index in [4.69, 9.17) is 5.11 Å². The molecule has 2 heterocycles. The predicted octanol–water partition coefficient (Wildman–Crippen LogP) is 0.0265. The summed E-state index contributed by atoms with van der Waals surface area (Å²) in [6.45, 7) is 5.54. The zero-order chi connectivity index (χ0) is 13.0. The van der Waals surface area contributed by atoms with E-state index in [2.05, 4.69) is 22.9 Å². The number of hydrogen-bond acceptors (Lipinski definition) is 4. The van der Waals surface area contributed by atoms with Gasteiger partial charge in [0.15, 0.2) is 0 Å². The summed E-state index contributed by atoms with van der Waals surface area (Å²) in [5, 5.41) is 8.81. The molecule has 1 N–H and O–H groups in total. The zero-order valence-electron chi connectivity index (χ0n) is 10.7. The minimum atomic E-state index is -0.390. The lowest BCUT2D eigenvalue weighted by Crippen LogP contribution is -2.49. The highest BCUT2D eigenvalue weighted by molar-refractivity contribution is 5.77. The van der Waals surface area contributed by atoms with Crippen LogP contribution in [0.4, 0.5) is 0 Å². The van der Waals surface area contributed by atoms with Crippen LogP contribution in [0.15, 0.2) is 18.3 Å². The molecule has 1 aromatic heterocycles. The summed E-state index contributed by atoms with van der Waals surface area (Å²) in [7, 11) is 0. The van der Waals surface area contributed by atoms with E-state index in [1.54, 1.807) is 4.90 Å². The summed E-state index contributed by atoms with van der Waals surface area (Å²) in [4.78, 5) is 19.7. The van der Waals surface area contributed by atoms with Gasteiger partial charge in [-0.3, -0.25) is 14.7 Å². The Hall–Kier alpha value is -1.46. The number of aryl methyl sites for hydroxylation is 1. The van der Waals surface area contributed by atoms with Crippen LogP contribution >= 0.6 is 0 Å². The molecule has 98 valence electrons. The van der Waals surface area contributed by atoms with Crippen LogP contribution in [0.5, 0.6) is 0 Å². The largest absolute Gasteiger partial charge is 0.387 e. The first kappa shape index (κ1) is 13.0. The third kappa shape index (κ3) is 3.05. The average Bonchev–Trinajstić information content (AvgIpc) is 2.41. The molecule has 18 heavy (non-hydrogen) atoms. The number of nitrogens with zero attached hydrogens (tertiary/aromatic N) is 3. The Balaban J connectivity index is 1.87. The van der Waals surface area contributed by atoms with Gasteiger partial charge in [0, 0.05) is 38.9 Å². The van der Waals surface area contributed by atoms with Crippen LogP contribution in [0, 0.1) is 6.92 Å². The highest BCUT2D eigenvalue weighted by Gasteiger charge is 2.20. The molecule has 0 atom stereocenters. The second-order valence-corrected chi connectivity index (χ2v) is 4.58. The lowest BCUT2D eigenvalue weighted by atomic mass is 10.2. The number of amides is 1. The number of pyridine rings is 1. The molecule has 0 saturated carbocycles. The van der Waals surface area contributed by atoms with E-state index in [0.29, 0.717) is 13.1 Å². The molecule has 0 spiro atoms. The van der Waals surface area contributed by atoms with Crippen molar-refractivity contribution < 1.29 is 9.90 Å². The van der Waals surface area contributed by atoms with Crippen LogP contribution in [0.2, 0.25) is 0 Å². The van der Waals surface area contributed by atoms with Gasteiger partial charge in [0.1, 0.15) is 6.61 Å². The first-order valence-electron chi connectivity index (χ1n) is 6.22. The Bertz CT molecular complexity index is 414. The first-order chi connectivity index (χ1) is 8.70. The number of carbonyl (C=O) groups is 1. The van der Waals surface area contributed by atoms with Crippen molar-refractivity contribution in [2.45, 2.75) is 13.5 Å². The van der Waals surface area contributed by atoms with E-state index in [9.17, 15) is 4.79 Å². The minimum absolute atomic E-state index is 0.177. The summed E-state index contributed by atoms with van der Waals surface area (Å²) in [6, 6.07) is 4.00. The molecule has 1 fully saturated rings. The molecule has 2 rings (SSSR count). The molecule has 0 bridgehead atoms. The van der Waals surface area contributed by atoms with Crippen molar-refractivity contribution >= 4 is 5.91 Å². The number of aliphatic hydroxyl groups excluding tert-OH is 1. The van der Waals surface area contributed by atoms with E-state index in [1.165, 1.54) is 5.56 Å². The molecular weight excluding hydrogens is 230 g/mol. The summed E-state index contributed by atoms with van der Waals surface area (Å²) >= 11 is 0. The Kier molecular flexibility index (Phi) is 4.28. The number of aliphatic hydroxyl groups is 1. The summed E-state index contributed by atoms with van der Waals surface area (Å²) in [5.41, 5.74) is 2.30. The van der Waals surface area contributed by atoms with Gasteiger partial charge in [0.25, 0.3) is 0 Å². The maximum atomic E-state index is 11.3. The maximum absolute atomic E-state index is 11.3. The van der Waals surface area contributed by atoms with Crippen molar-refractivity contribution in [3.8, 4) is 0 Å². The molecule has 1 amide bonds. The highest BCUT2D eigenvalue weighted by Crippen LogP contribution is 2.10. The number of aromatic nitrogens is 1. The van der Waals surface area contributed by atoms with E-state index < -0.39 is 0 Å². The second-order valence-electron chi connectivity index (χ2n) is 4.58. The van der Waals surface area contributed by atoms with Crippen molar-refractivity contribution in [3.63, 3.8) is 0 Å². The summed E-state index contributed by atoms with van der Waals surface area (Å²) in [5.74, 6) is -0.177. The number of carbonyl (C=O) groups excluding carboxylic acids is 1. The fourth-order valence-corrected chi connectivity index (χ4v) is 2.15. The van der Waals surface area contributed by atoms with E-state index in [1.807, 2.05) is 12.3 Å². The molecule has 1 aliphatic heterocycles. The molecule has 0 radical (unpaired) electrons.